The fourth-order valence-electron chi connectivity index (χ4n) is 4.34. The van der Waals surface area contributed by atoms with Crippen LogP contribution >= 0.6 is 0 Å². The van der Waals surface area contributed by atoms with Crippen LogP contribution in [-0.2, 0) is 9.31 Å². The van der Waals surface area contributed by atoms with E-state index in [2.05, 4.69) is 29.7 Å². The van der Waals surface area contributed by atoms with E-state index in [1.807, 2.05) is 39.8 Å². The van der Waals surface area contributed by atoms with Crippen molar-refractivity contribution >= 4 is 35.3 Å². The minimum Gasteiger partial charge on any atom is -0.493 e. The topological polar surface area (TPSA) is 95.0 Å². The number of piperazine rings is 1. The molecule has 0 saturated carbocycles. The van der Waals surface area contributed by atoms with Gasteiger partial charge >= 0.3 is 7.12 Å². The molecule has 0 atom stereocenters. The average Bonchev–Trinajstić information content (AvgIpc) is 3.09. The van der Waals surface area contributed by atoms with E-state index in [1.54, 1.807) is 32.9 Å². The first kappa shape index (κ1) is 23.6. The van der Waals surface area contributed by atoms with Gasteiger partial charge in [-0.1, -0.05) is 0 Å². The molecule has 0 unspecified atom stereocenters. The molecule has 0 radical (unpaired) electrons. The first-order valence-corrected chi connectivity index (χ1v) is 11.8. The van der Waals surface area contributed by atoms with Crippen LogP contribution in [0.4, 0.5) is 11.8 Å². The van der Waals surface area contributed by atoms with Crippen molar-refractivity contribution in [2.24, 2.45) is 0 Å². The molecule has 0 bridgehead atoms. The number of hydrogen-bond acceptors (Lipinski definition) is 10. The van der Waals surface area contributed by atoms with E-state index < -0.39 is 18.3 Å². The highest BCUT2D eigenvalue weighted by molar-refractivity contribution is 6.61. The Bertz CT molecular complexity index is 1200. The second-order valence-corrected chi connectivity index (χ2v) is 9.80. The van der Waals surface area contributed by atoms with E-state index in [4.69, 9.17) is 18.8 Å². The quantitative estimate of drug-likeness (QED) is 0.507. The van der Waals surface area contributed by atoms with Crippen molar-refractivity contribution in [1.82, 2.24) is 19.9 Å². The number of nitrogens with zero attached hydrogens (tertiary/aromatic N) is 6. The molecule has 184 valence electrons. The van der Waals surface area contributed by atoms with Gasteiger partial charge in [0.15, 0.2) is 11.5 Å². The highest BCUT2D eigenvalue weighted by Gasteiger charge is 2.52. The lowest BCUT2D eigenvalue weighted by Gasteiger charge is -2.35. The lowest BCUT2D eigenvalue weighted by molar-refractivity contribution is 0.00578. The Morgan fingerprint density at radius 1 is 0.800 bits per heavy atom. The van der Waals surface area contributed by atoms with Crippen LogP contribution in [0.1, 0.15) is 27.7 Å². The van der Waals surface area contributed by atoms with E-state index in [0.717, 1.165) is 48.4 Å². The largest absolute Gasteiger partial charge is 0.498 e. The first-order chi connectivity index (χ1) is 16.7. The SMILES string of the molecule is COc1cc2ncnc(N3CCN(c4ncc(B5OC(C)(C)C(C)(C)O5)cn4)CC3)c2cc1OC. The number of anilines is 2. The molecule has 0 aliphatic carbocycles. The van der Waals surface area contributed by atoms with Crippen molar-refractivity contribution in [3.05, 3.63) is 30.9 Å². The molecule has 5 rings (SSSR count). The van der Waals surface area contributed by atoms with Crippen molar-refractivity contribution in [2.45, 2.75) is 38.9 Å². The molecule has 0 spiro atoms. The van der Waals surface area contributed by atoms with Crippen LogP contribution in [0.25, 0.3) is 10.9 Å². The number of ether oxygens (including phenoxy) is 2. The van der Waals surface area contributed by atoms with E-state index in [-0.39, 0.29) is 0 Å². The highest BCUT2D eigenvalue weighted by Crippen LogP contribution is 2.37. The van der Waals surface area contributed by atoms with Gasteiger partial charge in [0.25, 0.3) is 0 Å². The van der Waals surface area contributed by atoms with Crippen molar-refractivity contribution in [2.75, 3.05) is 50.2 Å². The smallest absolute Gasteiger partial charge is 0.493 e. The van der Waals surface area contributed by atoms with E-state index in [1.165, 1.54) is 0 Å². The number of hydrogen-bond donors (Lipinski definition) is 0. The third-order valence-corrected chi connectivity index (χ3v) is 7.17. The first-order valence-electron chi connectivity index (χ1n) is 11.8. The van der Waals surface area contributed by atoms with Gasteiger partial charge in [0, 0.05) is 55.5 Å². The summed E-state index contributed by atoms with van der Waals surface area (Å²) in [7, 11) is 2.78. The Balaban J connectivity index is 1.29. The van der Waals surface area contributed by atoms with Crippen molar-refractivity contribution < 1.29 is 18.8 Å². The Kier molecular flexibility index (Phi) is 5.92. The molecular formula is C24H31BN6O4. The van der Waals surface area contributed by atoms with Crippen LogP contribution in [0.2, 0.25) is 0 Å². The molecule has 0 amide bonds. The Labute approximate surface area is 205 Å². The second-order valence-electron chi connectivity index (χ2n) is 9.80. The van der Waals surface area contributed by atoms with Crippen molar-refractivity contribution in [1.29, 1.82) is 0 Å². The number of rotatable bonds is 5. The maximum absolute atomic E-state index is 6.11. The van der Waals surface area contributed by atoms with E-state index >= 15 is 0 Å². The third kappa shape index (κ3) is 4.23. The van der Waals surface area contributed by atoms with Gasteiger partial charge in [-0.15, -0.1) is 0 Å². The monoisotopic (exact) mass is 478 g/mol. The van der Waals surface area contributed by atoms with Crippen LogP contribution < -0.4 is 24.7 Å². The van der Waals surface area contributed by atoms with Gasteiger partial charge in [-0.2, -0.15) is 0 Å². The van der Waals surface area contributed by atoms with Crippen molar-refractivity contribution in [3.63, 3.8) is 0 Å². The molecule has 2 aliphatic rings. The zero-order valence-corrected chi connectivity index (χ0v) is 21.1. The van der Waals surface area contributed by atoms with Gasteiger partial charge in [-0.25, -0.2) is 19.9 Å². The zero-order valence-electron chi connectivity index (χ0n) is 21.1. The van der Waals surface area contributed by atoms with Crippen molar-refractivity contribution in [3.8, 4) is 11.5 Å². The molecule has 4 heterocycles. The molecule has 11 heteroatoms. The molecule has 2 fully saturated rings. The predicted molar refractivity (Wildman–Crippen MR) is 135 cm³/mol. The van der Waals surface area contributed by atoms with Crippen LogP contribution in [-0.4, -0.2) is 78.7 Å². The summed E-state index contributed by atoms with van der Waals surface area (Å²) >= 11 is 0. The fraction of sp³-hybridized carbons (Fsp3) is 0.500. The highest BCUT2D eigenvalue weighted by atomic mass is 16.7. The predicted octanol–water partition coefficient (Wildman–Crippen LogP) is 2.06. The van der Waals surface area contributed by atoms with Gasteiger partial charge in [0.1, 0.15) is 12.1 Å². The minimum absolute atomic E-state index is 0.396. The van der Waals surface area contributed by atoms with Crippen LogP contribution in [0.5, 0.6) is 11.5 Å². The zero-order chi connectivity index (χ0) is 24.8. The molecule has 0 N–H and O–H groups in total. The van der Waals surface area contributed by atoms with Crippen LogP contribution in [0.15, 0.2) is 30.9 Å². The summed E-state index contributed by atoms with van der Waals surface area (Å²) < 4.78 is 23.1. The summed E-state index contributed by atoms with van der Waals surface area (Å²) in [5, 5.41) is 0.932. The molecule has 2 aromatic heterocycles. The van der Waals surface area contributed by atoms with E-state index in [9.17, 15) is 0 Å². The van der Waals surface area contributed by atoms with Gasteiger partial charge in [-0.05, 0) is 33.8 Å². The number of aromatic nitrogens is 4. The molecule has 10 nitrogen and oxygen atoms in total. The molecular weight excluding hydrogens is 447 g/mol. The molecule has 35 heavy (non-hydrogen) atoms. The van der Waals surface area contributed by atoms with Crippen LogP contribution in [0.3, 0.4) is 0 Å². The van der Waals surface area contributed by atoms with Gasteiger partial charge < -0.3 is 28.6 Å². The fourth-order valence-corrected chi connectivity index (χ4v) is 4.34. The number of benzene rings is 1. The van der Waals surface area contributed by atoms with Crippen LogP contribution in [0, 0.1) is 0 Å². The normalized spacial score (nSPS) is 19.3. The molecule has 3 aromatic rings. The van der Waals surface area contributed by atoms with Gasteiger partial charge in [0.2, 0.25) is 5.95 Å². The summed E-state index contributed by atoms with van der Waals surface area (Å²) in [4.78, 5) is 22.7. The lowest BCUT2D eigenvalue weighted by atomic mass is 9.81. The third-order valence-electron chi connectivity index (χ3n) is 7.17. The Hall–Kier alpha value is -3.18. The standard InChI is InChI=1S/C24H31BN6O4/c1-23(2)24(3,4)35-25(34-23)16-13-26-22(27-14-16)31-9-7-30(8-10-31)21-17-11-19(32-5)20(33-6)12-18(17)28-15-29-21/h11-15H,7-10H2,1-6H3. The number of methoxy groups -OCH3 is 2. The molecule has 2 saturated heterocycles. The average molecular weight is 478 g/mol. The summed E-state index contributed by atoms with van der Waals surface area (Å²) in [5.41, 5.74) is 0.847. The Morgan fingerprint density at radius 3 is 1.97 bits per heavy atom. The number of fused-ring (bicyclic) bond motifs is 1. The van der Waals surface area contributed by atoms with Gasteiger partial charge in [-0.3, -0.25) is 0 Å². The summed E-state index contributed by atoms with van der Waals surface area (Å²) in [6, 6.07) is 3.82. The lowest BCUT2D eigenvalue weighted by Crippen LogP contribution is -2.47. The molecule has 1 aromatic carbocycles. The second kappa shape index (κ2) is 8.80. The Morgan fingerprint density at radius 2 is 1.37 bits per heavy atom. The maximum Gasteiger partial charge on any atom is 0.498 e. The summed E-state index contributed by atoms with van der Waals surface area (Å²) in [5.74, 6) is 2.89. The summed E-state index contributed by atoms with van der Waals surface area (Å²) in [6.07, 6.45) is 5.19. The van der Waals surface area contributed by atoms with E-state index in [0.29, 0.717) is 17.4 Å². The molecule has 2 aliphatic heterocycles. The minimum atomic E-state index is -0.465. The van der Waals surface area contributed by atoms with Gasteiger partial charge in [0.05, 0.1) is 30.9 Å². The summed E-state index contributed by atoms with van der Waals surface area (Å²) in [6.45, 7) is 11.3. The maximum atomic E-state index is 6.11.